The van der Waals surface area contributed by atoms with Gasteiger partial charge in [0.1, 0.15) is 0 Å². The Balaban J connectivity index is 2.05. The fourth-order valence-corrected chi connectivity index (χ4v) is 2.42. The summed E-state index contributed by atoms with van der Waals surface area (Å²) in [5.74, 6) is -0.257. The van der Waals surface area contributed by atoms with Gasteiger partial charge < -0.3 is 10.5 Å². The summed E-state index contributed by atoms with van der Waals surface area (Å²) in [6, 6.07) is 9.80. The lowest BCUT2D eigenvalue weighted by Crippen LogP contribution is -2.44. The lowest BCUT2D eigenvalue weighted by atomic mass is 9.78. The Morgan fingerprint density at radius 2 is 1.95 bits per heavy atom. The minimum Gasteiger partial charge on any atom is -0.379 e. The van der Waals surface area contributed by atoms with Gasteiger partial charge >= 0.3 is 0 Å². The molecule has 4 heteroatoms. The molecule has 1 fully saturated rings. The van der Waals surface area contributed by atoms with Crippen LogP contribution >= 0.6 is 0 Å². The average Bonchev–Trinajstić information content (AvgIpc) is 2.46. The van der Waals surface area contributed by atoms with Crippen LogP contribution in [0.1, 0.15) is 18.9 Å². The lowest BCUT2D eigenvalue weighted by Gasteiger charge is -2.32. The summed E-state index contributed by atoms with van der Waals surface area (Å²) >= 11 is 0. The Morgan fingerprint density at radius 1 is 1.32 bits per heavy atom. The first-order valence-electron chi connectivity index (χ1n) is 6.78. The minimum absolute atomic E-state index is 0.257. The Bertz CT molecular complexity index is 415. The molecule has 1 aromatic rings. The van der Waals surface area contributed by atoms with Gasteiger partial charge in [0, 0.05) is 13.1 Å². The number of benzene rings is 1. The van der Waals surface area contributed by atoms with Crippen LogP contribution in [-0.2, 0) is 14.9 Å². The summed E-state index contributed by atoms with van der Waals surface area (Å²) in [6.07, 6.45) is 0.742. The number of morpholine rings is 1. The molecule has 1 amide bonds. The van der Waals surface area contributed by atoms with Crippen LogP contribution < -0.4 is 5.73 Å². The molecule has 0 aliphatic carbocycles. The monoisotopic (exact) mass is 262 g/mol. The molecule has 104 valence electrons. The molecule has 0 unspecified atom stereocenters. The third kappa shape index (κ3) is 3.33. The van der Waals surface area contributed by atoms with Crippen LogP contribution in [0, 0.1) is 0 Å². The number of carbonyl (C=O) groups is 1. The maximum atomic E-state index is 11.9. The van der Waals surface area contributed by atoms with Crippen molar-refractivity contribution in [3.05, 3.63) is 35.9 Å². The van der Waals surface area contributed by atoms with Crippen LogP contribution in [0.4, 0.5) is 0 Å². The molecule has 2 N–H and O–H groups in total. The van der Waals surface area contributed by atoms with Crippen molar-refractivity contribution in [3.63, 3.8) is 0 Å². The number of ether oxygens (including phenoxy) is 1. The highest BCUT2D eigenvalue weighted by molar-refractivity contribution is 5.86. The molecule has 0 saturated carbocycles. The van der Waals surface area contributed by atoms with Gasteiger partial charge in [0.05, 0.1) is 18.6 Å². The summed E-state index contributed by atoms with van der Waals surface area (Å²) < 4.78 is 5.33. The molecule has 4 nitrogen and oxygen atoms in total. The molecule has 1 atom stereocenters. The van der Waals surface area contributed by atoms with Crippen LogP contribution in [0.3, 0.4) is 0 Å². The third-order valence-electron chi connectivity index (χ3n) is 3.99. The van der Waals surface area contributed by atoms with Crippen molar-refractivity contribution in [3.8, 4) is 0 Å². The SMILES string of the molecule is C[C@@](CCN1CCOCC1)(C(N)=O)c1ccccc1. The fourth-order valence-electron chi connectivity index (χ4n) is 2.42. The molecule has 0 aromatic heterocycles. The normalized spacial score (nSPS) is 19.8. The molecule has 1 aliphatic rings. The first kappa shape index (κ1) is 14.0. The van der Waals surface area contributed by atoms with Crippen molar-refractivity contribution in [2.24, 2.45) is 5.73 Å². The van der Waals surface area contributed by atoms with Crippen molar-refractivity contribution in [1.82, 2.24) is 4.90 Å². The molecule has 0 spiro atoms. The molecule has 1 heterocycles. The Morgan fingerprint density at radius 3 is 2.53 bits per heavy atom. The number of hydrogen-bond acceptors (Lipinski definition) is 3. The molecule has 1 aromatic carbocycles. The van der Waals surface area contributed by atoms with E-state index in [0.29, 0.717) is 0 Å². The molecule has 1 aliphatic heterocycles. The van der Waals surface area contributed by atoms with E-state index in [4.69, 9.17) is 10.5 Å². The van der Waals surface area contributed by atoms with Gasteiger partial charge in [-0.05, 0) is 25.5 Å². The summed E-state index contributed by atoms with van der Waals surface area (Å²) in [5, 5.41) is 0. The quantitative estimate of drug-likeness (QED) is 0.866. The van der Waals surface area contributed by atoms with E-state index in [0.717, 1.165) is 44.8 Å². The largest absolute Gasteiger partial charge is 0.379 e. The average molecular weight is 262 g/mol. The molecule has 2 rings (SSSR count). The number of hydrogen-bond donors (Lipinski definition) is 1. The number of amides is 1. The predicted octanol–water partition coefficient (Wildman–Crippen LogP) is 1.15. The predicted molar refractivity (Wildman–Crippen MR) is 74.9 cm³/mol. The first-order chi connectivity index (χ1) is 9.13. The minimum atomic E-state index is -0.598. The van der Waals surface area contributed by atoms with Crippen molar-refractivity contribution in [2.45, 2.75) is 18.8 Å². The number of primary amides is 1. The van der Waals surface area contributed by atoms with Crippen molar-refractivity contribution in [1.29, 1.82) is 0 Å². The van der Waals surface area contributed by atoms with E-state index in [1.165, 1.54) is 0 Å². The van der Waals surface area contributed by atoms with E-state index in [-0.39, 0.29) is 5.91 Å². The van der Waals surface area contributed by atoms with Gasteiger partial charge in [0.15, 0.2) is 0 Å². The summed E-state index contributed by atoms with van der Waals surface area (Å²) in [5.41, 5.74) is 6.03. The Labute approximate surface area is 114 Å². The zero-order chi connectivity index (χ0) is 13.7. The third-order valence-corrected chi connectivity index (χ3v) is 3.99. The fraction of sp³-hybridized carbons (Fsp3) is 0.533. The highest BCUT2D eigenvalue weighted by Gasteiger charge is 2.33. The Kier molecular flexibility index (Phi) is 4.56. The van der Waals surface area contributed by atoms with Crippen LogP contribution in [-0.4, -0.2) is 43.7 Å². The topological polar surface area (TPSA) is 55.6 Å². The first-order valence-corrected chi connectivity index (χ1v) is 6.78. The highest BCUT2D eigenvalue weighted by Crippen LogP contribution is 2.27. The number of rotatable bonds is 5. The van der Waals surface area contributed by atoms with Gasteiger partial charge in [0.25, 0.3) is 0 Å². The molecule has 19 heavy (non-hydrogen) atoms. The summed E-state index contributed by atoms with van der Waals surface area (Å²) in [7, 11) is 0. The van der Waals surface area contributed by atoms with Gasteiger partial charge in [-0.15, -0.1) is 0 Å². The smallest absolute Gasteiger partial charge is 0.227 e. The second kappa shape index (κ2) is 6.17. The number of nitrogens with two attached hydrogens (primary N) is 1. The van der Waals surface area contributed by atoms with Crippen molar-refractivity contribution in [2.75, 3.05) is 32.8 Å². The molecule has 1 saturated heterocycles. The standard InChI is InChI=1S/C15H22N2O2/c1-15(14(16)18,13-5-3-2-4-6-13)7-8-17-9-11-19-12-10-17/h2-6H,7-12H2,1H3,(H2,16,18)/t15-/m0/s1. The number of nitrogens with zero attached hydrogens (tertiary/aromatic N) is 1. The van der Waals surface area contributed by atoms with Gasteiger partial charge in [-0.25, -0.2) is 0 Å². The van der Waals surface area contributed by atoms with Crippen molar-refractivity contribution >= 4 is 5.91 Å². The second-order valence-corrected chi connectivity index (χ2v) is 5.27. The Hall–Kier alpha value is -1.39. The van der Waals surface area contributed by atoms with Gasteiger partial charge in [-0.1, -0.05) is 30.3 Å². The van der Waals surface area contributed by atoms with Gasteiger partial charge in [0.2, 0.25) is 5.91 Å². The highest BCUT2D eigenvalue weighted by atomic mass is 16.5. The zero-order valence-corrected chi connectivity index (χ0v) is 11.5. The van der Waals surface area contributed by atoms with Crippen LogP contribution in [0.2, 0.25) is 0 Å². The van der Waals surface area contributed by atoms with E-state index in [2.05, 4.69) is 4.90 Å². The molecule has 0 bridgehead atoms. The van der Waals surface area contributed by atoms with Gasteiger partial charge in [-0.2, -0.15) is 0 Å². The van der Waals surface area contributed by atoms with E-state index >= 15 is 0 Å². The maximum absolute atomic E-state index is 11.9. The van der Waals surface area contributed by atoms with Gasteiger partial charge in [-0.3, -0.25) is 9.69 Å². The summed E-state index contributed by atoms with van der Waals surface area (Å²) in [4.78, 5) is 14.2. The second-order valence-electron chi connectivity index (χ2n) is 5.27. The van der Waals surface area contributed by atoms with E-state index in [1.807, 2.05) is 37.3 Å². The zero-order valence-electron chi connectivity index (χ0n) is 11.5. The van der Waals surface area contributed by atoms with Crippen LogP contribution in [0.15, 0.2) is 30.3 Å². The maximum Gasteiger partial charge on any atom is 0.227 e. The molecular weight excluding hydrogens is 240 g/mol. The van der Waals surface area contributed by atoms with E-state index in [1.54, 1.807) is 0 Å². The number of carbonyl (C=O) groups excluding carboxylic acids is 1. The van der Waals surface area contributed by atoms with Crippen molar-refractivity contribution < 1.29 is 9.53 Å². The van der Waals surface area contributed by atoms with Crippen LogP contribution in [0.25, 0.3) is 0 Å². The van der Waals surface area contributed by atoms with E-state index in [9.17, 15) is 4.79 Å². The van der Waals surface area contributed by atoms with E-state index < -0.39 is 5.41 Å². The lowest BCUT2D eigenvalue weighted by molar-refractivity contribution is -0.123. The summed E-state index contributed by atoms with van der Waals surface area (Å²) in [6.45, 7) is 6.23. The van der Waals surface area contributed by atoms with Crippen LogP contribution in [0.5, 0.6) is 0 Å². The molecular formula is C15H22N2O2. The molecule has 0 radical (unpaired) electrons.